The van der Waals surface area contributed by atoms with Gasteiger partial charge in [-0.3, -0.25) is 4.79 Å². The third-order valence-electron chi connectivity index (χ3n) is 3.15. The summed E-state index contributed by atoms with van der Waals surface area (Å²) in [6, 6.07) is 3.97. The Morgan fingerprint density at radius 3 is 3.11 bits per heavy atom. The Balaban J connectivity index is 1.52. The monoisotopic (exact) mass is 259 g/mol. The lowest BCUT2D eigenvalue weighted by Gasteiger charge is -2.03. The number of hydrogen-bond donors (Lipinski definition) is 2. The molecule has 0 radical (unpaired) electrons. The fourth-order valence-electron chi connectivity index (χ4n) is 1.91. The second-order valence-corrected chi connectivity index (χ2v) is 4.93. The maximum Gasteiger partial charge on any atom is 0.243 e. The minimum atomic E-state index is 0.167. The number of carbonyl (C=O) groups excluding carboxylic acids is 1. The highest BCUT2D eigenvalue weighted by molar-refractivity contribution is 5.80. The van der Waals surface area contributed by atoms with Crippen molar-refractivity contribution < 1.29 is 4.79 Å². The van der Waals surface area contributed by atoms with Crippen LogP contribution in [0.5, 0.6) is 0 Å². The highest BCUT2D eigenvalue weighted by Crippen LogP contribution is 2.28. The maximum atomic E-state index is 11.4. The molecule has 1 fully saturated rings. The fourth-order valence-corrected chi connectivity index (χ4v) is 1.91. The van der Waals surface area contributed by atoms with Crippen LogP contribution in [0.25, 0.3) is 5.65 Å². The van der Waals surface area contributed by atoms with Gasteiger partial charge in [0.05, 0.1) is 0 Å². The maximum absolute atomic E-state index is 11.4. The molecule has 3 rings (SSSR count). The predicted octanol–water partition coefficient (Wildman–Crippen LogP) is 0.976. The molecule has 100 valence electrons. The van der Waals surface area contributed by atoms with Crippen LogP contribution in [-0.2, 0) is 4.79 Å². The summed E-state index contributed by atoms with van der Waals surface area (Å²) in [5, 5.41) is 10.3. The van der Waals surface area contributed by atoms with Gasteiger partial charge in [0.1, 0.15) is 0 Å². The lowest BCUT2D eigenvalue weighted by Crippen LogP contribution is -2.29. The topological polar surface area (TPSA) is 71.3 Å². The zero-order chi connectivity index (χ0) is 13.2. The average Bonchev–Trinajstić information content (AvgIpc) is 3.16. The molecule has 0 spiro atoms. The van der Waals surface area contributed by atoms with E-state index in [1.54, 1.807) is 4.52 Å². The number of carbonyl (C=O) groups is 1. The Kier molecular flexibility index (Phi) is 3.06. The van der Waals surface area contributed by atoms with Gasteiger partial charge in [-0.2, -0.15) is 4.98 Å². The van der Waals surface area contributed by atoms with Gasteiger partial charge in [-0.05, 0) is 37.5 Å². The first-order valence-electron chi connectivity index (χ1n) is 6.57. The minimum Gasteiger partial charge on any atom is -0.354 e. The van der Waals surface area contributed by atoms with E-state index in [1.165, 1.54) is 0 Å². The first-order valence-corrected chi connectivity index (χ1v) is 6.57. The molecule has 19 heavy (non-hydrogen) atoms. The molecule has 0 unspecified atom stereocenters. The second kappa shape index (κ2) is 4.87. The molecule has 0 saturated heterocycles. The van der Waals surface area contributed by atoms with E-state index in [9.17, 15) is 4.79 Å². The number of nitrogens with zero attached hydrogens (tertiary/aromatic N) is 3. The molecule has 2 aromatic rings. The van der Waals surface area contributed by atoms with Crippen LogP contribution in [0, 0.1) is 12.8 Å². The Labute approximate surface area is 111 Å². The molecule has 1 aliphatic carbocycles. The van der Waals surface area contributed by atoms with Crippen LogP contribution in [0.2, 0.25) is 0 Å². The van der Waals surface area contributed by atoms with E-state index in [1.807, 2.05) is 25.3 Å². The zero-order valence-electron chi connectivity index (χ0n) is 10.9. The molecule has 1 saturated carbocycles. The summed E-state index contributed by atoms with van der Waals surface area (Å²) >= 11 is 0. The Morgan fingerprint density at radius 2 is 2.32 bits per heavy atom. The van der Waals surface area contributed by atoms with Crippen LogP contribution in [0.3, 0.4) is 0 Å². The smallest absolute Gasteiger partial charge is 0.243 e. The van der Waals surface area contributed by atoms with Crippen molar-refractivity contribution in [3.8, 4) is 0 Å². The van der Waals surface area contributed by atoms with Gasteiger partial charge in [-0.1, -0.05) is 0 Å². The number of hydrogen-bond acceptors (Lipinski definition) is 4. The lowest BCUT2D eigenvalue weighted by molar-refractivity contribution is -0.122. The van der Waals surface area contributed by atoms with Crippen LogP contribution in [0.1, 0.15) is 18.4 Å². The summed E-state index contributed by atoms with van der Waals surface area (Å²) in [5.74, 6) is 1.02. The first-order chi connectivity index (χ1) is 9.22. The van der Waals surface area contributed by atoms with Crippen molar-refractivity contribution in [1.29, 1.82) is 0 Å². The Bertz CT molecular complexity index is 602. The summed E-state index contributed by atoms with van der Waals surface area (Å²) in [7, 11) is 0. The molecule has 1 amide bonds. The number of aromatic nitrogens is 3. The normalized spacial score (nSPS) is 14.6. The first kappa shape index (κ1) is 12.0. The van der Waals surface area contributed by atoms with E-state index in [0.717, 1.165) is 24.1 Å². The fraction of sp³-hybridized carbons (Fsp3) is 0.462. The Hall–Kier alpha value is -2.11. The summed E-state index contributed by atoms with van der Waals surface area (Å²) in [5.41, 5.74) is 1.98. The van der Waals surface area contributed by atoms with Crippen molar-refractivity contribution in [2.45, 2.75) is 19.8 Å². The van der Waals surface area contributed by atoms with E-state index in [4.69, 9.17) is 0 Å². The van der Waals surface area contributed by atoms with Crippen LogP contribution < -0.4 is 10.6 Å². The van der Waals surface area contributed by atoms with Gasteiger partial charge in [0.25, 0.3) is 0 Å². The summed E-state index contributed by atoms with van der Waals surface area (Å²) in [6.07, 6.45) is 3.96. The molecule has 0 aliphatic heterocycles. The molecule has 0 aromatic carbocycles. The quantitative estimate of drug-likeness (QED) is 0.785. The van der Waals surface area contributed by atoms with Crippen LogP contribution in [0.4, 0.5) is 5.95 Å². The highest BCUT2D eigenvalue weighted by Gasteiger charge is 2.28. The largest absolute Gasteiger partial charge is 0.354 e. The van der Waals surface area contributed by atoms with Crippen molar-refractivity contribution >= 4 is 17.5 Å². The van der Waals surface area contributed by atoms with Crippen molar-refractivity contribution in [3.63, 3.8) is 0 Å². The van der Waals surface area contributed by atoms with Gasteiger partial charge in [0.15, 0.2) is 5.65 Å². The average molecular weight is 259 g/mol. The standard InChI is InChI=1S/C13H17N5O/c1-9-4-7-18-11(8-9)16-13(17-18)15-6-5-14-12(19)10-2-3-10/h4,7-8,10H,2-3,5-6H2,1H3,(H,14,19)(H,15,17). The van der Waals surface area contributed by atoms with Gasteiger partial charge in [-0.15, -0.1) is 5.10 Å². The van der Waals surface area contributed by atoms with Crippen LogP contribution in [-0.4, -0.2) is 33.6 Å². The SMILES string of the molecule is Cc1ccn2nc(NCCNC(=O)C3CC3)nc2c1. The molecule has 2 aromatic heterocycles. The van der Waals surface area contributed by atoms with E-state index >= 15 is 0 Å². The molecule has 6 nitrogen and oxygen atoms in total. The van der Waals surface area contributed by atoms with Gasteiger partial charge < -0.3 is 10.6 Å². The van der Waals surface area contributed by atoms with Crippen molar-refractivity contribution in [2.24, 2.45) is 5.92 Å². The molecular weight excluding hydrogens is 242 g/mol. The molecular formula is C13H17N5O. The van der Waals surface area contributed by atoms with Crippen molar-refractivity contribution in [2.75, 3.05) is 18.4 Å². The molecule has 1 aliphatic rings. The van der Waals surface area contributed by atoms with Gasteiger partial charge in [0, 0.05) is 25.2 Å². The number of anilines is 1. The predicted molar refractivity (Wildman–Crippen MR) is 71.9 cm³/mol. The van der Waals surface area contributed by atoms with E-state index in [-0.39, 0.29) is 11.8 Å². The zero-order valence-corrected chi connectivity index (χ0v) is 10.9. The van der Waals surface area contributed by atoms with Crippen molar-refractivity contribution in [1.82, 2.24) is 19.9 Å². The highest BCUT2D eigenvalue weighted by atomic mass is 16.2. The summed E-state index contributed by atoms with van der Waals surface area (Å²) in [4.78, 5) is 15.8. The summed E-state index contributed by atoms with van der Waals surface area (Å²) < 4.78 is 1.73. The molecule has 2 heterocycles. The van der Waals surface area contributed by atoms with Crippen LogP contribution >= 0.6 is 0 Å². The number of fused-ring (bicyclic) bond motifs is 1. The van der Waals surface area contributed by atoms with E-state index < -0.39 is 0 Å². The van der Waals surface area contributed by atoms with Gasteiger partial charge in [-0.25, -0.2) is 4.52 Å². The number of pyridine rings is 1. The third-order valence-corrected chi connectivity index (χ3v) is 3.15. The van der Waals surface area contributed by atoms with Gasteiger partial charge in [0.2, 0.25) is 11.9 Å². The number of nitrogens with one attached hydrogen (secondary N) is 2. The summed E-state index contributed by atoms with van der Waals surface area (Å²) in [6.45, 7) is 3.26. The molecule has 0 bridgehead atoms. The number of aryl methyl sites for hydroxylation is 1. The van der Waals surface area contributed by atoms with E-state index in [2.05, 4.69) is 20.7 Å². The molecule has 6 heteroatoms. The Morgan fingerprint density at radius 1 is 1.47 bits per heavy atom. The second-order valence-electron chi connectivity index (χ2n) is 4.93. The minimum absolute atomic E-state index is 0.167. The van der Waals surface area contributed by atoms with Gasteiger partial charge >= 0.3 is 0 Å². The number of amides is 1. The number of rotatable bonds is 5. The van der Waals surface area contributed by atoms with Crippen LogP contribution in [0.15, 0.2) is 18.3 Å². The lowest BCUT2D eigenvalue weighted by atomic mass is 10.3. The molecule has 0 atom stereocenters. The van der Waals surface area contributed by atoms with Crippen molar-refractivity contribution in [3.05, 3.63) is 23.9 Å². The van der Waals surface area contributed by atoms with E-state index in [0.29, 0.717) is 19.0 Å². The molecule has 2 N–H and O–H groups in total. The third kappa shape index (κ3) is 2.83.